The molecule has 2 rings (SSSR count). The minimum Gasteiger partial charge on any atom is -0.493 e. The average Bonchev–Trinajstić information content (AvgIpc) is 2.89. The number of nitrogens with zero attached hydrogens (tertiary/aromatic N) is 2. The molecule has 0 amide bonds. The van der Waals surface area contributed by atoms with Gasteiger partial charge in [-0.3, -0.25) is 10.5 Å². The second-order valence-corrected chi connectivity index (χ2v) is 3.75. The van der Waals surface area contributed by atoms with E-state index in [1.165, 1.54) is 0 Å². The Morgan fingerprint density at radius 2 is 2.35 bits per heavy atom. The molecule has 0 fully saturated rings. The van der Waals surface area contributed by atoms with E-state index >= 15 is 0 Å². The van der Waals surface area contributed by atoms with Crippen LogP contribution in [0, 0.1) is 6.92 Å². The first-order valence-corrected chi connectivity index (χ1v) is 5.25. The smallest absolute Gasteiger partial charge is 0.161 e. The van der Waals surface area contributed by atoms with E-state index in [0.717, 1.165) is 17.0 Å². The number of hydrogen-bond acceptors (Lipinski definition) is 5. The molecule has 0 aliphatic rings. The lowest BCUT2D eigenvalue weighted by Gasteiger charge is -2.17. The number of nitrogens with one attached hydrogen (secondary N) is 1. The van der Waals surface area contributed by atoms with E-state index in [9.17, 15) is 0 Å². The van der Waals surface area contributed by atoms with Crippen LogP contribution in [-0.4, -0.2) is 16.9 Å². The first-order valence-electron chi connectivity index (χ1n) is 5.25. The molecule has 2 aromatic rings. The van der Waals surface area contributed by atoms with Gasteiger partial charge in [0, 0.05) is 12.6 Å². The number of rotatable bonds is 4. The van der Waals surface area contributed by atoms with Crippen molar-refractivity contribution in [1.29, 1.82) is 0 Å². The normalized spacial score (nSPS) is 12.7. The number of ether oxygens (including phenoxy) is 1. The third-order valence-corrected chi connectivity index (χ3v) is 2.82. The fourth-order valence-corrected chi connectivity index (χ4v) is 1.92. The molecule has 1 unspecified atom stereocenters. The van der Waals surface area contributed by atoms with Crippen LogP contribution in [-0.2, 0) is 7.05 Å². The average molecular weight is 236 g/mol. The molecule has 6 heteroatoms. The summed E-state index contributed by atoms with van der Waals surface area (Å²) in [4.78, 5) is 0. The molecule has 0 aromatic carbocycles. The summed E-state index contributed by atoms with van der Waals surface area (Å²) in [5.41, 5.74) is 4.59. The number of hydrazine groups is 1. The molecule has 0 saturated heterocycles. The number of hydrogen-bond donors (Lipinski definition) is 2. The molecule has 0 aliphatic carbocycles. The topological polar surface area (TPSA) is 78.2 Å². The zero-order valence-corrected chi connectivity index (χ0v) is 10.1. The molecule has 6 nitrogen and oxygen atoms in total. The van der Waals surface area contributed by atoms with Crippen molar-refractivity contribution >= 4 is 0 Å². The molecular weight excluding hydrogens is 220 g/mol. The van der Waals surface area contributed by atoms with Crippen LogP contribution in [0.1, 0.15) is 23.1 Å². The van der Waals surface area contributed by atoms with E-state index in [0.29, 0.717) is 5.75 Å². The summed E-state index contributed by atoms with van der Waals surface area (Å²) in [5.74, 6) is 7.13. The Bertz CT molecular complexity index is 503. The van der Waals surface area contributed by atoms with Gasteiger partial charge in [-0.2, -0.15) is 5.10 Å². The van der Waals surface area contributed by atoms with Crippen LogP contribution >= 0.6 is 0 Å². The molecule has 2 aromatic heterocycles. The molecule has 0 radical (unpaired) electrons. The van der Waals surface area contributed by atoms with Gasteiger partial charge in [0.15, 0.2) is 5.75 Å². The van der Waals surface area contributed by atoms with Crippen LogP contribution in [0.5, 0.6) is 5.75 Å². The van der Waals surface area contributed by atoms with Gasteiger partial charge in [0.2, 0.25) is 0 Å². The van der Waals surface area contributed by atoms with Gasteiger partial charge in [-0.25, -0.2) is 5.43 Å². The van der Waals surface area contributed by atoms with Crippen molar-refractivity contribution < 1.29 is 9.15 Å². The monoisotopic (exact) mass is 236 g/mol. The van der Waals surface area contributed by atoms with Crippen LogP contribution in [0.25, 0.3) is 0 Å². The Balaban J connectivity index is 2.49. The van der Waals surface area contributed by atoms with Crippen molar-refractivity contribution in [3.05, 3.63) is 35.5 Å². The van der Waals surface area contributed by atoms with Crippen LogP contribution in [0.15, 0.2) is 22.9 Å². The van der Waals surface area contributed by atoms with Crippen molar-refractivity contribution in [2.75, 3.05) is 7.11 Å². The number of aryl methyl sites for hydroxylation is 2. The summed E-state index contributed by atoms with van der Waals surface area (Å²) >= 11 is 0. The second-order valence-electron chi connectivity index (χ2n) is 3.75. The number of aromatic nitrogens is 2. The largest absolute Gasteiger partial charge is 0.493 e. The van der Waals surface area contributed by atoms with Gasteiger partial charge in [0.05, 0.1) is 25.6 Å². The van der Waals surface area contributed by atoms with Crippen molar-refractivity contribution in [2.24, 2.45) is 12.9 Å². The Kier molecular flexibility index (Phi) is 3.16. The molecule has 92 valence electrons. The standard InChI is InChI=1S/C11H16N4O2/c1-7-8(4-5-17-7)10(14-12)11-9(16-3)6-13-15(11)2/h4-6,10,14H,12H2,1-3H3. The number of nitrogens with two attached hydrogens (primary N) is 1. The van der Waals surface area contributed by atoms with Crippen molar-refractivity contribution in [3.63, 3.8) is 0 Å². The van der Waals surface area contributed by atoms with Gasteiger partial charge in [-0.05, 0) is 13.0 Å². The van der Waals surface area contributed by atoms with Crippen molar-refractivity contribution in [3.8, 4) is 5.75 Å². The lowest BCUT2D eigenvalue weighted by molar-refractivity contribution is 0.400. The maximum Gasteiger partial charge on any atom is 0.161 e. The Morgan fingerprint density at radius 1 is 1.59 bits per heavy atom. The molecular formula is C11H16N4O2. The highest BCUT2D eigenvalue weighted by Crippen LogP contribution is 2.30. The van der Waals surface area contributed by atoms with Crippen LogP contribution in [0.2, 0.25) is 0 Å². The highest BCUT2D eigenvalue weighted by molar-refractivity contribution is 5.37. The van der Waals surface area contributed by atoms with Crippen molar-refractivity contribution in [2.45, 2.75) is 13.0 Å². The summed E-state index contributed by atoms with van der Waals surface area (Å²) < 4.78 is 12.3. The van der Waals surface area contributed by atoms with Gasteiger partial charge in [0.25, 0.3) is 0 Å². The third kappa shape index (κ3) is 1.92. The highest BCUT2D eigenvalue weighted by atomic mass is 16.5. The maximum atomic E-state index is 5.63. The maximum absolute atomic E-state index is 5.63. The SMILES string of the molecule is COc1cnn(C)c1C(NN)c1ccoc1C. The van der Waals surface area contributed by atoms with Gasteiger partial charge in [-0.15, -0.1) is 0 Å². The van der Waals surface area contributed by atoms with E-state index in [4.69, 9.17) is 15.0 Å². The molecule has 0 aliphatic heterocycles. The van der Waals surface area contributed by atoms with Gasteiger partial charge in [0.1, 0.15) is 11.5 Å². The lowest BCUT2D eigenvalue weighted by Crippen LogP contribution is -2.30. The minimum absolute atomic E-state index is 0.212. The second kappa shape index (κ2) is 4.60. The fraction of sp³-hybridized carbons (Fsp3) is 0.364. The van der Waals surface area contributed by atoms with E-state index in [-0.39, 0.29) is 6.04 Å². The van der Waals surface area contributed by atoms with Gasteiger partial charge >= 0.3 is 0 Å². The summed E-state index contributed by atoms with van der Waals surface area (Å²) in [7, 11) is 3.45. The molecule has 3 N–H and O–H groups in total. The van der Waals surface area contributed by atoms with Crippen LogP contribution < -0.4 is 16.0 Å². The van der Waals surface area contributed by atoms with Crippen LogP contribution in [0.3, 0.4) is 0 Å². The zero-order chi connectivity index (χ0) is 12.4. The first kappa shape index (κ1) is 11.7. The Hall–Kier alpha value is -1.79. The summed E-state index contributed by atoms with van der Waals surface area (Å²) in [6.07, 6.45) is 3.30. The predicted octanol–water partition coefficient (Wildman–Crippen LogP) is 0.883. The van der Waals surface area contributed by atoms with Gasteiger partial charge < -0.3 is 9.15 Å². The third-order valence-electron chi connectivity index (χ3n) is 2.82. The van der Waals surface area contributed by atoms with E-state index in [1.54, 1.807) is 24.3 Å². The van der Waals surface area contributed by atoms with Crippen LogP contribution in [0.4, 0.5) is 0 Å². The fourth-order valence-electron chi connectivity index (χ4n) is 1.92. The van der Waals surface area contributed by atoms with E-state index in [2.05, 4.69) is 10.5 Å². The molecule has 1 atom stereocenters. The lowest BCUT2D eigenvalue weighted by atomic mass is 10.0. The Labute approximate surface area is 99.3 Å². The molecule has 0 bridgehead atoms. The number of furan rings is 1. The summed E-state index contributed by atoms with van der Waals surface area (Å²) in [6, 6.07) is 1.67. The quantitative estimate of drug-likeness (QED) is 0.608. The zero-order valence-electron chi connectivity index (χ0n) is 10.1. The van der Waals surface area contributed by atoms with E-state index < -0.39 is 0 Å². The molecule has 0 saturated carbocycles. The molecule has 0 spiro atoms. The summed E-state index contributed by atoms with van der Waals surface area (Å²) in [5, 5.41) is 4.16. The minimum atomic E-state index is -0.212. The Morgan fingerprint density at radius 3 is 2.88 bits per heavy atom. The van der Waals surface area contributed by atoms with E-state index in [1.807, 2.05) is 20.0 Å². The molecule has 2 heterocycles. The summed E-state index contributed by atoms with van der Waals surface area (Å²) in [6.45, 7) is 1.89. The first-order chi connectivity index (χ1) is 8.19. The number of methoxy groups -OCH3 is 1. The highest BCUT2D eigenvalue weighted by Gasteiger charge is 2.23. The molecule has 17 heavy (non-hydrogen) atoms. The van der Waals surface area contributed by atoms with Gasteiger partial charge in [-0.1, -0.05) is 0 Å². The van der Waals surface area contributed by atoms with Crippen molar-refractivity contribution in [1.82, 2.24) is 15.2 Å². The predicted molar refractivity (Wildman–Crippen MR) is 62.4 cm³/mol.